The highest BCUT2D eigenvalue weighted by Gasteiger charge is 2.14. The van der Waals surface area contributed by atoms with Crippen LogP contribution in [-0.2, 0) is 0 Å². The highest BCUT2D eigenvalue weighted by Crippen LogP contribution is 2.32. The quantitative estimate of drug-likeness (QED) is 0.776. The molecule has 0 unspecified atom stereocenters. The molecule has 3 heteroatoms. The maximum atomic E-state index is 13.4. The van der Waals surface area contributed by atoms with Gasteiger partial charge in [0.25, 0.3) is 0 Å². The average molecular weight is 203 g/mol. The first-order valence-corrected chi connectivity index (χ1v) is 4.62. The fraction of sp³-hybridized carbons (Fsp3) is 0.400. The van der Waals surface area contributed by atoms with Crippen molar-refractivity contribution in [3.8, 4) is 5.75 Å². The summed E-state index contributed by atoms with van der Waals surface area (Å²) in [6.45, 7) is 3.88. The SMILES string of the molecule is CC[C@@H](C)c1ccc(Cl)c(O)c1F. The molecule has 0 fully saturated rings. The number of hydrogen-bond donors (Lipinski definition) is 1. The molecule has 0 aliphatic rings. The lowest BCUT2D eigenvalue weighted by atomic mass is 9.98. The van der Waals surface area contributed by atoms with E-state index in [0.29, 0.717) is 5.56 Å². The standard InChI is InChI=1S/C10H12ClFO/c1-3-6(2)7-4-5-8(11)10(13)9(7)12/h4-6,13H,3H2,1-2H3/t6-/m1/s1. The molecule has 0 bridgehead atoms. The Kier molecular flexibility index (Phi) is 3.15. The van der Waals surface area contributed by atoms with Crippen LogP contribution in [0.15, 0.2) is 12.1 Å². The molecule has 1 N–H and O–H groups in total. The lowest BCUT2D eigenvalue weighted by Crippen LogP contribution is -1.96. The normalized spacial score (nSPS) is 12.9. The van der Waals surface area contributed by atoms with E-state index in [1.807, 2.05) is 13.8 Å². The topological polar surface area (TPSA) is 20.2 Å². The van der Waals surface area contributed by atoms with Crippen LogP contribution in [0.25, 0.3) is 0 Å². The molecule has 0 saturated carbocycles. The van der Waals surface area contributed by atoms with Crippen molar-refractivity contribution in [2.75, 3.05) is 0 Å². The minimum atomic E-state index is -0.596. The Bertz CT molecular complexity index is 312. The molecule has 0 saturated heterocycles. The first kappa shape index (κ1) is 10.3. The predicted molar refractivity (Wildman–Crippen MR) is 51.8 cm³/mol. The van der Waals surface area contributed by atoms with Crippen molar-refractivity contribution in [1.29, 1.82) is 0 Å². The molecule has 0 aliphatic heterocycles. The Hall–Kier alpha value is -0.760. The molecule has 1 aromatic rings. The van der Waals surface area contributed by atoms with Crippen LogP contribution in [0.5, 0.6) is 5.75 Å². The fourth-order valence-electron chi connectivity index (χ4n) is 1.16. The molecule has 1 rings (SSSR count). The van der Waals surface area contributed by atoms with Crippen molar-refractivity contribution in [1.82, 2.24) is 0 Å². The summed E-state index contributed by atoms with van der Waals surface area (Å²) in [7, 11) is 0. The summed E-state index contributed by atoms with van der Waals surface area (Å²) < 4.78 is 13.4. The van der Waals surface area contributed by atoms with Gasteiger partial charge in [-0.3, -0.25) is 0 Å². The van der Waals surface area contributed by atoms with Crippen LogP contribution in [0.4, 0.5) is 4.39 Å². The molecule has 0 spiro atoms. The Morgan fingerprint density at radius 1 is 1.54 bits per heavy atom. The van der Waals surface area contributed by atoms with Gasteiger partial charge in [0.1, 0.15) is 0 Å². The lowest BCUT2D eigenvalue weighted by Gasteiger charge is -2.11. The second-order valence-electron chi connectivity index (χ2n) is 3.11. The lowest BCUT2D eigenvalue weighted by molar-refractivity contribution is 0.425. The molecule has 1 aromatic carbocycles. The summed E-state index contributed by atoms with van der Waals surface area (Å²) in [6.07, 6.45) is 0.831. The third-order valence-corrected chi connectivity index (χ3v) is 2.55. The van der Waals surface area contributed by atoms with E-state index in [9.17, 15) is 9.50 Å². The second kappa shape index (κ2) is 3.97. The van der Waals surface area contributed by atoms with E-state index < -0.39 is 11.6 Å². The van der Waals surface area contributed by atoms with Gasteiger partial charge in [-0.15, -0.1) is 0 Å². The average Bonchev–Trinajstić information content (AvgIpc) is 2.13. The van der Waals surface area contributed by atoms with Crippen molar-refractivity contribution in [2.45, 2.75) is 26.2 Å². The number of benzene rings is 1. The molecule has 0 heterocycles. The Morgan fingerprint density at radius 2 is 2.15 bits per heavy atom. The number of aromatic hydroxyl groups is 1. The summed E-state index contributed by atoms with van der Waals surface area (Å²) in [6, 6.07) is 3.13. The second-order valence-corrected chi connectivity index (χ2v) is 3.52. The van der Waals surface area contributed by atoms with Gasteiger partial charge < -0.3 is 5.11 Å². The van der Waals surface area contributed by atoms with Crippen molar-refractivity contribution in [3.63, 3.8) is 0 Å². The van der Waals surface area contributed by atoms with Gasteiger partial charge in [0.05, 0.1) is 5.02 Å². The molecular formula is C10H12ClFO. The summed E-state index contributed by atoms with van der Waals surface area (Å²) in [5, 5.41) is 9.28. The van der Waals surface area contributed by atoms with Crippen LogP contribution in [0.1, 0.15) is 31.7 Å². The zero-order valence-electron chi connectivity index (χ0n) is 7.64. The molecule has 0 amide bonds. The highest BCUT2D eigenvalue weighted by molar-refractivity contribution is 6.32. The van der Waals surface area contributed by atoms with E-state index in [1.165, 1.54) is 6.07 Å². The smallest absolute Gasteiger partial charge is 0.170 e. The van der Waals surface area contributed by atoms with E-state index in [0.717, 1.165) is 6.42 Å². The molecule has 1 atom stereocenters. The minimum Gasteiger partial charge on any atom is -0.504 e. The van der Waals surface area contributed by atoms with Crippen LogP contribution in [0, 0.1) is 5.82 Å². The molecule has 0 aliphatic carbocycles. The Labute approximate surface area is 82.2 Å². The largest absolute Gasteiger partial charge is 0.504 e. The molecule has 0 radical (unpaired) electrons. The van der Waals surface area contributed by atoms with Gasteiger partial charge in [0, 0.05) is 0 Å². The van der Waals surface area contributed by atoms with Crippen LogP contribution in [-0.4, -0.2) is 5.11 Å². The van der Waals surface area contributed by atoms with Crippen LogP contribution in [0.3, 0.4) is 0 Å². The number of phenolic OH excluding ortho intramolecular Hbond substituents is 1. The summed E-state index contributed by atoms with van der Waals surface area (Å²) in [4.78, 5) is 0. The van der Waals surface area contributed by atoms with Crippen LogP contribution < -0.4 is 0 Å². The van der Waals surface area contributed by atoms with Gasteiger partial charge in [-0.2, -0.15) is 0 Å². The molecular weight excluding hydrogens is 191 g/mol. The predicted octanol–water partition coefficient (Wildman–Crippen LogP) is 3.70. The van der Waals surface area contributed by atoms with Gasteiger partial charge >= 0.3 is 0 Å². The number of hydrogen-bond acceptors (Lipinski definition) is 1. The van der Waals surface area contributed by atoms with Gasteiger partial charge in [-0.05, 0) is 24.0 Å². The van der Waals surface area contributed by atoms with Crippen molar-refractivity contribution >= 4 is 11.6 Å². The van der Waals surface area contributed by atoms with E-state index >= 15 is 0 Å². The number of halogens is 2. The third-order valence-electron chi connectivity index (χ3n) is 2.24. The van der Waals surface area contributed by atoms with Crippen LogP contribution >= 0.6 is 11.6 Å². The first-order valence-electron chi connectivity index (χ1n) is 4.24. The van der Waals surface area contributed by atoms with E-state index in [-0.39, 0.29) is 10.9 Å². The van der Waals surface area contributed by atoms with Crippen LogP contribution in [0.2, 0.25) is 5.02 Å². The van der Waals surface area contributed by atoms with E-state index in [1.54, 1.807) is 6.07 Å². The Morgan fingerprint density at radius 3 is 2.69 bits per heavy atom. The minimum absolute atomic E-state index is 0.0598. The monoisotopic (exact) mass is 202 g/mol. The zero-order chi connectivity index (χ0) is 10.0. The van der Waals surface area contributed by atoms with Gasteiger partial charge in [0.2, 0.25) is 0 Å². The van der Waals surface area contributed by atoms with Crippen molar-refractivity contribution in [3.05, 3.63) is 28.5 Å². The molecule has 1 nitrogen and oxygen atoms in total. The Balaban J connectivity index is 3.18. The molecule has 13 heavy (non-hydrogen) atoms. The molecule has 72 valence electrons. The van der Waals surface area contributed by atoms with Gasteiger partial charge in [0.15, 0.2) is 11.6 Å². The number of phenols is 1. The fourth-order valence-corrected chi connectivity index (χ4v) is 1.30. The highest BCUT2D eigenvalue weighted by atomic mass is 35.5. The number of rotatable bonds is 2. The van der Waals surface area contributed by atoms with Crippen molar-refractivity contribution < 1.29 is 9.50 Å². The molecule has 0 aromatic heterocycles. The van der Waals surface area contributed by atoms with E-state index in [4.69, 9.17) is 11.6 Å². The summed E-state index contributed by atoms with van der Waals surface area (Å²) in [5.74, 6) is -0.940. The summed E-state index contributed by atoms with van der Waals surface area (Å²) in [5.41, 5.74) is 0.518. The zero-order valence-corrected chi connectivity index (χ0v) is 8.40. The summed E-state index contributed by atoms with van der Waals surface area (Å²) >= 11 is 5.54. The van der Waals surface area contributed by atoms with Crippen molar-refractivity contribution in [2.24, 2.45) is 0 Å². The maximum Gasteiger partial charge on any atom is 0.170 e. The van der Waals surface area contributed by atoms with E-state index in [2.05, 4.69) is 0 Å². The maximum absolute atomic E-state index is 13.4. The van der Waals surface area contributed by atoms with Gasteiger partial charge in [-0.1, -0.05) is 31.5 Å². The van der Waals surface area contributed by atoms with Gasteiger partial charge in [-0.25, -0.2) is 4.39 Å². The third kappa shape index (κ3) is 1.94. The first-order chi connectivity index (χ1) is 6.07.